The van der Waals surface area contributed by atoms with Gasteiger partial charge in [-0.25, -0.2) is 4.68 Å². The molecule has 0 fully saturated rings. The second kappa shape index (κ2) is 4.88. The minimum atomic E-state index is -0.941. The first kappa shape index (κ1) is 11.5. The van der Waals surface area contributed by atoms with Crippen LogP contribution in [0.15, 0.2) is 41.8 Å². The third-order valence-electron chi connectivity index (χ3n) is 2.09. The quantitative estimate of drug-likeness (QED) is 0.618. The van der Waals surface area contributed by atoms with E-state index in [0.717, 1.165) is 11.8 Å². The maximum absolute atomic E-state index is 11.2. The smallest absolute Gasteiger partial charge is 0.321 e. The second-order valence-corrected chi connectivity index (χ2v) is 4.34. The third kappa shape index (κ3) is 2.56. The van der Waals surface area contributed by atoms with Gasteiger partial charge in [0.1, 0.15) is 11.6 Å². The van der Waals surface area contributed by atoms with Crippen molar-refractivity contribution in [2.24, 2.45) is 0 Å². The van der Waals surface area contributed by atoms with Crippen molar-refractivity contribution in [1.29, 1.82) is 0 Å². The number of carbonyl (C=O) groups is 1. The second-order valence-electron chi connectivity index (χ2n) is 3.27. The number of nitrogens with zero attached hydrogens (tertiary/aromatic N) is 3. The van der Waals surface area contributed by atoms with Gasteiger partial charge in [-0.15, -0.1) is 10.2 Å². The topological polar surface area (TPSA) is 94.0 Å². The van der Waals surface area contributed by atoms with Crippen LogP contribution in [0.1, 0.15) is 10.8 Å². The lowest BCUT2D eigenvalue weighted by Crippen LogP contribution is -2.12. The van der Waals surface area contributed by atoms with E-state index in [1.807, 2.05) is 6.07 Å². The Labute approximate surface area is 101 Å². The van der Waals surface area contributed by atoms with E-state index in [2.05, 4.69) is 10.2 Å². The van der Waals surface area contributed by atoms with Crippen LogP contribution in [-0.2, 0) is 4.79 Å². The predicted octanol–water partition coefficient (Wildman–Crippen LogP) is 0.910. The van der Waals surface area contributed by atoms with E-state index in [1.54, 1.807) is 24.3 Å². The zero-order valence-electron chi connectivity index (χ0n) is 8.72. The van der Waals surface area contributed by atoms with Crippen LogP contribution in [0.4, 0.5) is 0 Å². The molecule has 1 unspecified atom stereocenters. The minimum absolute atomic E-state index is 0.362. The number of hydrogen-bond donors (Lipinski definition) is 2. The first-order valence-electron chi connectivity index (χ1n) is 4.78. The van der Waals surface area contributed by atoms with Gasteiger partial charge in [-0.3, -0.25) is 4.79 Å². The Morgan fingerprint density at radius 1 is 1.41 bits per heavy atom. The number of thioether (sulfide) groups is 1. The molecule has 1 atom stereocenters. The molecule has 0 amide bonds. The molecule has 0 saturated carbocycles. The Morgan fingerprint density at radius 3 is 2.65 bits per heavy atom. The van der Waals surface area contributed by atoms with Gasteiger partial charge in [0.25, 0.3) is 0 Å². The molecule has 2 aromatic rings. The largest absolute Gasteiger partial charge is 0.480 e. The zero-order chi connectivity index (χ0) is 12.3. The van der Waals surface area contributed by atoms with Crippen LogP contribution < -0.4 is 5.84 Å². The summed E-state index contributed by atoms with van der Waals surface area (Å²) in [5, 5.41) is 16.2. The Balaban J connectivity index is 2.26. The summed E-state index contributed by atoms with van der Waals surface area (Å²) in [7, 11) is 0. The first-order valence-corrected chi connectivity index (χ1v) is 5.66. The lowest BCUT2D eigenvalue weighted by Gasteiger charge is -2.10. The van der Waals surface area contributed by atoms with Gasteiger partial charge in [-0.05, 0) is 5.56 Å². The molecule has 0 aliphatic rings. The van der Waals surface area contributed by atoms with Crippen LogP contribution in [0.2, 0.25) is 0 Å². The molecular weight excluding hydrogens is 240 g/mol. The molecule has 17 heavy (non-hydrogen) atoms. The van der Waals surface area contributed by atoms with Crippen molar-refractivity contribution in [3.63, 3.8) is 0 Å². The Bertz CT molecular complexity index is 514. The average molecular weight is 250 g/mol. The van der Waals surface area contributed by atoms with Gasteiger partial charge >= 0.3 is 5.97 Å². The summed E-state index contributed by atoms with van der Waals surface area (Å²) in [6.07, 6.45) is 1.33. The summed E-state index contributed by atoms with van der Waals surface area (Å²) in [6, 6.07) is 8.92. The number of nitrogens with two attached hydrogens (primary N) is 1. The highest BCUT2D eigenvalue weighted by Gasteiger charge is 2.23. The molecule has 3 N–H and O–H groups in total. The molecule has 1 aromatic heterocycles. The molecule has 7 heteroatoms. The maximum Gasteiger partial charge on any atom is 0.321 e. The number of aliphatic carboxylic acids is 1. The van der Waals surface area contributed by atoms with Crippen LogP contribution in [0.25, 0.3) is 0 Å². The molecule has 0 bridgehead atoms. The average Bonchev–Trinajstić information content (AvgIpc) is 2.72. The summed E-state index contributed by atoms with van der Waals surface area (Å²) < 4.78 is 1.20. The molecule has 88 valence electrons. The van der Waals surface area contributed by atoms with Gasteiger partial charge in [0.05, 0.1) is 0 Å². The van der Waals surface area contributed by atoms with E-state index in [1.165, 1.54) is 11.0 Å². The number of carboxylic acid groups (broad SMARTS) is 1. The molecule has 0 aliphatic heterocycles. The summed E-state index contributed by atoms with van der Waals surface area (Å²) in [6.45, 7) is 0. The fraction of sp³-hybridized carbons (Fsp3) is 0.100. The zero-order valence-corrected chi connectivity index (χ0v) is 9.54. The fourth-order valence-electron chi connectivity index (χ4n) is 1.31. The van der Waals surface area contributed by atoms with E-state index >= 15 is 0 Å². The molecule has 6 nitrogen and oxygen atoms in total. The number of nitrogen functional groups attached to an aromatic ring is 1. The highest BCUT2D eigenvalue weighted by Crippen LogP contribution is 2.33. The fourth-order valence-corrected chi connectivity index (χ4v) is 2.18. The van der Waals surface area contributed by atoms with E-state index in [4.69, 9.17) is 5.84 Å². The van der Waals surface area contributed by atoms with E-state index in [-0.39, 0.29) is 0 Å². The van der Waals surface area contributed by atoms with Crippen LogP contribution in [0.3, 0.4) is 0 Å². The monoisotopic (exact) mass is 250 g/mol. The van der Waals surface area contributed by atoms with Crippen molar-refractivity contribution < 1.29 is 9.90 Å². The minimum Gasteiger partial charge on any atom is -0.480 e. The third-order valence-corrected chi connectivity index (χ3v) is 3.30. The first-order chi connectivity index (χ1) is 8.18. The predicted molar refractivity (Wildman–Crippen MR) is 62.8 cm³/mol. The van der Waals surface area contributed by atoms with Gasteiger partial charge in [0, 0.05) is 0 Å². The molecule has 1 heterocycles. The Kier molecular flexibility index (Phi) is 3.29. The molecule has 0 radical (unpaired) electrons. The van der Waals surface area contributed by atoms with Crippen molar-refractivity contribution in [2.75, 3.05) is 5.84 Å². The lowest BCUT2D eigenvalue weighted by molar-refractivity contribution is -0.136. The van der Waals surface area contributed by atoms with E-state index in [9.17, 15) is 9.90 Å². The number of rotatable bonds is 4. The van der Waals surface area contributed by atoms with Gasteiger partial charge in [0.2, 0.25) is 5.16 Å². The SMILES string of the molecule is Nn1cnnc1SC(C(=O)O)c1ccccc1. The summed E-state index contributed by atoms with van der Waals surface area (Å²) in [5.41, 5.74) is 0.688. The highest BCUT2D eigenvalue weighted by molar-refractivity contribution is 8.00. The van der Waals surface area contributed by atoms with Gasteiger partial charge < -0.3 is 10.9 Å². The summed E-state index contributed by atoms with van der Waals surface area (Å²) in [4.78, 5) is 11.2. The maximum atomic E-state index is 11.2. The van der Waals surface area contributed by atoms with Crippen LogP contribution in [0, 0.1) is 0 Å². The number of benzene rings is 1. The summed E-state index contributed by atoms with van der Waals surface area (Å²) >= 11 is 1.05. The van der Waals surface area contributed by atoms with Crippen molar-refractivity contribution >= 4 is 17.7 Å². The number of carboxylic acids is 1. The molecule has 2 rings (SSSR count). The Hall–Kier alpha value is -2.02. The van der Waals surface area contributed by atoms with Crippen molar-refractivity contribution in [3.05, 3.63) is 42.2 Å². The van der Waals surface area contributed by atoms with Gasteiger partial charge in [0.15, 0.2) is 0 Å². The van der Waals surface area contributed by atoms with E-state index in [0.29, 0.717) is 10.7 Å². The van der Waals surface area contributed by atoms with Gasteiger partial charge in [-0.2, -0.15) is 0 Å². The van der Waals surface area contributed by atoms with Crippen molar-refractivity contribution in [3.8, 4) is 0 Å². The molecule has 1 aromatic carbocycles. The van der Waals surface area contributed by atoms with Crippen LogP contribution in [0.5, 0.6) is 0 Å². The highest BCUT2D eigenvalue weighted by atomic mass is 32.2. The van der Waals surface area contributed by atoms with Crippen molar-refractivity contribution in [2.45, 2.75) is 10.4 Å². The Morgan fingerprint density at radius 2 is 2.12 bits per heavy atom. The summed E-state index contributed by atoms with van der Waals surface area (Å²) in [5.74, 6) is 4.60. The molecule has 0 spiro atoms. The molecule has 0 saturated heterocycles. The van der Waals surface area contributed by atoms with Crippen LogP contribution >= 0.6 is 11.8 Å². The van der Waals surface area contributed by atoms with Crippen molar-refractivity contribution in [1.82, 2.24) is 14.9 Å². The van der Waals surface area contributed by atoms with Gasteiger partial charge in [-0.1, -0.05) is 42.1 Å². The van der Waals surface area contributed by atoms with Crippen LogP contribution in [-0.4, -0.2) is 25.9 Å². The lowest BCUT2D eigenvalue weighted by atomic mass is 10.1. The number of hydrogen-bond acceptors (Lipinski definition) is 5. The van der Waals surface area contributed by atoms with E-state index < -0.39 is 11.2 Å². The normalized spacial score (nSPS) is 12.2. The standard InChI is InChI=1S/C10H10N4O2S/c11-14-6-12-13-10(14)17-8(9(15)16)7-4-2-1-3-5-7/h1-6,8H,11H2,(H,15,16). The molecular formula is C10H10N4O2S. The number of aromatic nitrogens is 3. The molecule has 0 aliphatic carbocycles.